The van der Waals surface area contributed by atoms with E-state index in [9.17, 15) is 0 Å². The van der Waals surface area contributed by atoms with Crippen molar-refractivity contribution in [3.05, 3.63) is 28.4 Å². The molecule has 0 unspecified atom stereocenters. The summed E-state index contributed by atoms with van der Waals surface area (Å²) in [7, 11) is 0. The first-order chi connectivity index (χ1) is 7.15. The van der Waals surface area contributed by atoms with E-state index in [0.717, 1.165) is 23.4 Å². The molecule has 0 amide bonds. The molecule has 2 heterocycles. The van der Waals surface area contributed by atoms with Crippen LogP contribution in [-0.2, 0) is 13.0 Å². The van der Waals surface area contributed by atoms with Gasteiger partial charge in [0, 0.05) is 31.8 Å². The molecule has 0 aliphatic rings. The zero-order chi connectivity index (χ0) is 10.8. The van der Waals surface area contributed by atoms with Crippen LogP contribution < -0.4 is 0 Å². The van der Waals surface area contributed by atoms with E-state index in [1.807, 2.05) is 17.7 Å². The van der Waals surface area contributed by atoms with Gasteiger partial charge in [-0.25, -0.2) is 0 Å². The molecule has 0 fully saturated rings. The van der Waals surface area contributed by atoms with E-state index in [0.29, 0.717) is 11.7 Å². The van der Waals surface area contributed by atoms with Crippen molar-refractivity contribution in [2.75, 3.05) is 0 Å². The highest BCUT2D eigenvalue weighted by Crippen LogP contribution is 2.01. The van der Waals surface area contributed by atoms with Gasteiger partial charge in [-0.15, -0.1) is 0 Å². The van der Waals surface area contributed by atoms with Crippen LogP contribution in [0.15, 0.2) is 10.7 Å². The van der Waals surface area contributed by atoms with Gasteiger partial charge in [-0.2, -0.15) is 4.98 Å². The molecule has 15 heavy (non-hydrogen) atoms. The van der Waals surface area contributed by atoms with E-state index in [-0.39, 0.29) is 0 Å². The summed E-state index contributed by atoms with van der Waals surface area (Å²) in [5, 5.41) is 3.82. The number of imidazole rings is 1. The zero-order valence-electron chi connectivity index (χ0n) is 8.65. The topological polar surface area (TPSA) is 59.6 Å². The van der Waals surface area contributed by atoms with Crippen molar-refractivity contribution in [3.63, 3.8) is 0 Å². The molecule has 0 saturated carbocycles. The van der Waals surface area contributed by atoms with Crippen LogP contribution in [0.25, 0.3) is 0 Å². The van der Waals surface area contributed by atoms with Crippen LogP contribution in [0.5, 0.6) is 0 Å². The van der Waals surface area contributed by atoms with Crippen LogP contribution in [0.2, 0.25) is 0 Å². The summed E-state index contributed by atoms with van der Waals surface area (Å²) in [5.41, 5.74) is 1.06. The number of rotatable bonds is 3. The molecule has 0 aromatic carbocycles. The van der Waals surface area contributed by atoms with Gasteiger partial charge in [0.15, 0.2) is 10.6 Å². The first kappa shape index (κ1) is 10.1. The molecule has 2 aromatic rings. The summed E-state index contributed by atoms with van der Waals surface area (Å²) in [6.45, 7) is 4.52. The second-order valence-electron chi connectivity index (χ2n) is 3.42. The Hall–Kier alpha value is -1.43. The van der Waals surface area contributed by atoms with E-state index >= 15 is 0 Å². The third-order valence-electron chi connectivity index (χ3n) is 2.06. The number of hydrogen-bond acceptors (Lipinski definition) is 4. The van der Waals surface area contributed by atoms with Gasteiger partial charge < -0.3 is 14.1 Å². The summed E-state index contributed by atoms with van der Waals surface area (Å²) in [5.74, 6) is 1.31. The first-order valence-corrected chi connectivity index (χ1v) is 5.11. The van der Waals surface area contributed by atoms with E-state index < -0.39 is 0 Å². The minimum atomic E-state index is 0.596. The molecule has 0 radical (unpaired) electrons. The quantitative estimate of drug-likeness (QED) is 0.807. The maximum Gasteiger partial charge on any atom is 0.223 e. The SMILES string of the molecule is Cc1cn(CCc2noc(C)n2)c(=S)[nH]1. The van der Waals surface area contributed by atoms with Gasteiger partial charge in [-0.05, 0) is 19.1 Å². The van der Waals surface area contributed by atoms with E-state index in [2.05, 4.69) is 15.1 Å². The molecular weight excluding hydrogens is 212 g/mol. The zero-order valence-corrected chi connectivity index (χ0v) is 9.47. The van der Waals surface area contributed by atoms with Crippen LogP contribution >= 0.6 is 12.2 Å². The lowest BCUT2D eigenvalue weighted by molar-refractivity contribution is 0.386. The summed E-state index contributed by atoms with van der Waals surface area (Å²) in [6, 6.07) is 0. The van der Waals surface area contributed by atoms with E-state index in [1.165, 1.54) is 0 Å². The lowest BCUT2D eigenvalue weighted by Crippen LogP contribution is -2.01. The Labute approximate surface area is 92.1 Å². The molecule has 1 N–H and O–H groups in total. The van der Waals surface area contributed by atoms with Gasteiger partial charge in [0.05, 0.1) is 0 Å². The predicted octanol–water partition coefficient (Wildman–Crippen LogP) is 1.79. The van der Waals surface area contributed by atoms with E-state index in [1.54, 1.807) is 6.92 Å². The number of aryl methyl sites for hydroxylation is 4. The predicted molar refractivity (Wildman–Crippen MR) is 57.1 cm³/mol. The van der Waals surface area contributed by atoms with Crippen LogP contribution in [0.1, 0.15) is 17.4 Å². The van der Waals surface area contributed by atoms with Crippen molar-refractivity contribution in [2.45, 2.75) is 26.8 Å². The first-order valence-electron chi connectivity index (χ1n) is 4.70. The fourth-order valence-corrected chi connectivity index (χ4v) is 1.70. The smallest absolute Gasteiger partial charge is 0.223 e. The highest BCUT2D eigenvalue weighted by Gasteiger charge is 2.03. The van der Waals surface area contributed by atoms with Crippen molar-refractivity contribution < 1.29 is 4.52 Å². The van der Waals surface area contributed by atoms with Gasteiger partial charge in [0.25, 0.3) is 0 Å². The summed E-state index contributed by atoms with van der Waals surface area (Å²) in [6.07, 6.45) is 2.71. The monoisotopic (exact) mass is 224 g/mol. The fraction of sp³-hybridized carbons (Fsp3) is 0.444. The van der Waals surface area contributed by atoms with Crippen LogP contribution in [0, 0.1) is 18.6 Å². The number of nitrogens with zero attached hydrogens (tertiary/aromatic N) is 3. The van der Waals surface area contributed by atoms with Crippen molar-refractivity contribution >= 4 is 12.2 Å². The highest BCUT2D eigenvalue weighted by atomic mass is 32.1. The van der Waals surface area contributed by atoms with Gasteiger partial charge in [-0.1, -0.05) is 5.16 Å². The minimum Gasteiger partial charge on any atom is -0.340 e. The molecule has 2 aromatic heterocycles. The average Bonchev–Trinajstić information content (AvgIpc) is 2.70. The third kappa shape index (κ3) is 2.33. The molecule has 2 rings (SSSR count). The maximum atomic E-state index is 5.14. The molecule has 6 heteroatoms. The van der Waals surface area contributed by atoms with Crippen molar-refractivity contribution in [1.82, 2.24) is 19.7 Å². The molecule has 80 valence electrons. The van der Waals surface area contributed by atoms with Gasteiger partial charge >= 0.3 is 0 Å². The van der Waals surface area contributed by atoms with Gasteiger partial charge in [-0.3, -0.25) is 0 Å². The molecule has 0 aliphatic heterocycles. The standard InChI is InChI=1S/C9H12N4OS/c1-6-5-13(9(15)10-6)4-3-8-11-7(2)14-12-8/h5H,3-4H2,1-2H3,(H,10,15). The number of aromatic amines is 1. The Morgan fingerprint density at radius 2 is 2.33 bits per heavy atom. The third-order valence-corrected chi connectivity index (χ3v) is 2.40. The second-order valence-corrected chi connectivity index (χ2v) is 3.80. The van der Waals surface area contributed by atoms with Crippen LogP contribution in [0.3, 0.4) is 0 Å². The minimum absolute atomic E-state index is 0.596. The summed E-state index contributed by atoms with van der Waals surface area (Å²) in [4.78, 5) is 7.19. The molecule has 0 saturated heterocycles. The summed E-state index contributed by atoms with van der Waals surface area (Å²) < 4.78 is 7.58. The summed E-state index contributed by atoms with van der Waals surface area (Å²) >= 11 is 5.14. The fourth-order valence-electron chi connectivity index (χ4n) is 1.39. The van der Waals surface area contributed by atoms with Crippen molar-refractivity contribution in [1.29, 1.82) is 0 Å². The number of H-pyrrole nitrogens is 1. The molecule has 0 atom stereocenters. The van der Waals surface area contributed by atoms with Crippen LogP contribution in [-0.4, -0.2) is 19.7 Å². The Morgan fingerprint density at radius 1 is 1.53 bits per heavy atom. The Morgan fingerprint density at radius 3 is 2.87 bits per heavy atom. The lowest BCUT2D eigenvalue weighted by atomic mass is 10.4. The largest absolute Gasteiger partial charge is 0.340 e. The second kappa shape index (κ2) is 3.98. The average molecular weight is 224 g/mol. The molecule has 0 bridgehead atoms. The molecular formula is C9H12N4OS. The maximum absolute atomic E-state index is 5.14. The van der Waals surface area contributed by atoms with Crippen molar-refractivity contribution in [3.8, 4) is 0 Å². The molecule has 5 nitrogen and oxygen atoms in total. The van der Waals surface area contributed by atoms with Crippen molar-refractivity contribution in [2.24, 2.45) is 0 Å². The van der Waals surface area contributed by atoms with E-state index in [4.69, 9.17) is 16.7 Å². The lowest BCUT2D eigenvalue weighted by Gasteiger charge is -1.97. The normalized spacial score (nSPS) is 10.8. The molecule has 0 aliphatic carbocycles. The van der Waals surface area contributed by atoms with Gasteiger partial charge in [0.1, 0.15) is 0 Å². The molecule has 0 spiro atoms. The number of aromatic nitrogens is 4. The Balaban J connectivity index is 2.05. The van der Waals surface area contributed by atoms with Crippen LogP contribution in [0.4, 0.5) is 0 Å². The number of hydrogen-bond donors (Lipinski definition) is 1. The van der Waals surface area contributed by atoms with Gasteiger partial charge in [0.2, 0.25) is 5.89 Å². The number of nitrogens with one attached hydrogen (secondary N) is 1. The Bertz CT molecular complexity index is 510. The highest BCUT2D eigenvalue weighted by molar-refractivity contribution is 7.71. The Kier molecular flexibility index (Phi) is 2.68.